The van der Waals surface area contributed by atoms with E-state index in [2.05, 4.69) is 4.74 Å². The molecule has 0 atom stereocenters. The number of ether oxygens (including phenoxy) is 1. The highest BCUT2D eigenvalue weighted by molar-refractivity contribution is 5.31. The van der Waals surface area contributed by atoms with Gasteiger partial charge < -0.3 is 14.8 Å². The number of aromatic nitrogens is 1. The van der Waals surface area contributed by atoms with Crippen molar-refractivity contribution in [3.63, 3.8) is 0 Å². The second kappa shape index (κ2) is 4.52. The van der Waals surface area contributed by atoms with Crippen molar-refractivity contribution in [1.29, 1.82) is 0 Å². The van der Waals surface area contributed by atoms with Crippen molar-refractivity contribution in [2.45, 2.75) is 19.1 Å². The second-order valence-electron chi connectivity index (χ2n) is 3.04. The van der Waals surface area contributed by atoms with Crippen LogP contribution in [0.2, 0.25) is 0 Å². The van der Waals surface area contributed by atoms with Crippen LogP contribution < -0.4 is 10.2 Å². The molecule has 0 unspecified atom stereocenters. The van der Waals surface area contributed by atoms with Crippen LogP contribution in [0.5, 0.6) is 5.75 Å². The number of aliphatic hydroxyl groups is 1. The SMILES string of the molecule is O=c1c(OC(F)(F)F)c[nH]c(CO)c1C(F)(F)F. The monoisotopic (exact) mass is 277 g/mol. The standard InChI is InChI=1S/C8H5F6NO3/c9-7(10,11)5-3(2-16)15-1-4(6(5)17)18-8(12,13)14/h1,16H,2H2,(H,15,17). The predicted molar refractivity (Wildman–Crippen MR) is 44.7 cm³/mol. The Labute approximate surface area is 94.8 Å². The number of halogens is 6. The van der Waals surface area contributed by atoms with E-state index in [4.69, 9.17) is 5.11 Å². The fourth-order valence-corrected chi connectivity index (χ4v) is 1.18. The molecule has 0 aliphatic heterocycles. The highest BCUT2D eigenvalue weighted by atomic mass is 19.4. The number of hydrogen-bond donors (Lipinski definition) is 2. The number of nitrogens with one attached hydrogen (secondary N) is 1. The van der Waals surface area contributed by atoms with Gasteiger partial charge in [0.25, 0.3) is 0 Å². The van der Waals surface area contributed by atoms with E-state index in [9.17, 15) is 31.1 Å². The number of aliphatic hydroxyl groups excluding tert-OH is 1. The van der Waals surface area contributed by atoms with Gasteiger partial charge in [-0.05, 0) is 0 Å². The summed E-state index contributed by atoms with van der Waals surface area (Å²) in [7, 11) is 0. The van der Waals surface area contributed by atoms with Gasteiger partial charge in [0.1, 0.15) is 5.56 Å². The summed E-state index contributed by atoms with van der Waals surface area (Å²) in [5.74, 6) is -1.55. The molecule has 0 aromatic carbocycles. The van der Waals surface area contributed by atoms with Gasteiger partial charge in [0.05, 0.1) is 12.3 Å². The molecule has 0 saturated carbocycles. The smallest absolute Gasteiger partial charge is 0.400 e. The molecule has 102 valence electrons. The van der Waals surface area contributed by atoms with Crippen molar-refractivity contribution in [1.82, 2.24) is 4.98 Å². The first-order chi connectivity index (χ1) is 8.06. The summed E-state index contributed by atoms with van der Waals surface area (Å²) < 4.78 is 75.9. The lowest BCUT2D eigenvalue weighted by molar-refractivity contribution is -0.275. The van der Waals surface area contributed by atoms with Gasteiger partial charge in [-0.3, -0.25) is 4.79 Å². The highest BCUT2D eigenvalue weighted by Gasteiger charge is 2.40. The fourth-order valence-electron chi connectivity index (χ4n) is 1.18. The normalized spacial score (nSPS) is 12.6. The first-order valence-electron chi connectivity index (χ1n) is 4.24. The first-order valence-corrected chi connectivity index (χ1v) is 4.24. The second-order valence-corrected chi connectivity index (χ2v) is 3.04. The Kier molecular flexibility index (Phi) is 3.60. The van der Waals surface area contributed by atoms with Gasteiger partial charge in [0.15, 0.2) is 5.75 Å². The largest absolute Gasteiger partial charge is 0.573 e. The Balaban J connectivity index is 3.40. The molecular formula is C8H5F6NO3. The van der Waals surface area contributed by atoms with E-state index in [1.54, 1.807) is 4.98 Å². The molecule has 0 radical (unpaired) electrons. The summed E-state index contributed by atoms with van der Waals surface area (Å²) in [6.07, 6.45) is -10.2. The van der Waals surface area contributed by atoms with Crippen molar-refractivity contribution in [3.05, 3.63) is 27.7 Å². The highest BCUT2D eigenvalue weighted by Crippen LogP contribution is 2.30. The molecule has 0 bridgehead atoms. The van der Waals surface area contributed by atoms with E-state index < -0.39 is 41.6 Å². The molecule has 0 amide bonds. The summed E-state index contributed by atoms with van der Waals surface area (Å²) in [6, 6.07) is 0. The van der Waals surface area contributed by atoms with Crippen molar-refractivity contribution in [2.75, 3.05) is 0 Å². The van der Waals surface area contributed by atoms with E-state index >= 15 is 0 Å². The quantitative estimate of drug-likeness (QED) is 0.810. The third-order valence-electron chi connectivity index (χ3n) is 1.80. The molecule has 10 heteroatoms. The third-order valence-corrected chi connectivity index (χ3v) is 1.80. The molecule has 1 aromatic heterocycles. The van der Waals surface area contributed by atoms with Gasteiger partial charge >= 0.3 is 12.5 Å². The van der Waals surface area contributed by atoms with Gasteiger partial charge in [0, 0.05) is 6.20 Å². The maximum Gasteiger partial charge on any atom is 0.573 e. The summed E-state index contributed by atoms with van der Waals surface area (Å²) in [6.45, 7) is -1.18. The van der Waals surface area contributed by atoms with Gasteiger partial charge in [-0.25, -0.2) is 0 Å². The molecule has 0 saturated heterocycles. The number of alkyl halides is 6. The maximum atomic E-state index is 12.4. The number of pyridine rings is 1. The molecule has 0 spiro atoms. The lowest BCUT2D eigenvalue weighted by Gasteiger charge is -2.13. The zero-order valence-electron chi connectivity index (χ0n) is 8.32. The number of H-pyrrole nitrogens is 1. The zero-order chi connectivity index (χ0) is 14.1. The van der Waals surface area contributed by atoms with Crippen LogP contribution in [0.25, 0.3) is 0 Å². The van der Waals surface area contributed by atoms with Gasteiger partial charge in [-0.1, -0.05) is 0 Å². The van der Waals surface area contributed by atoms with Crippen LogP contribution in [0.4, 0.5) is 26.3 Å². The van der Waals surface area contributed by atoms with Crippen molar-refractivity contribution in [3.8, 4) is 5.75 Å². The molecule has 18 heavy (non-hydrogen) atoms. The Morgan fingerprint density at radius 3 is 2.17 bits per heavy atom. The van der Waals surface area contributed by atoms with E-state index in [0.29, 0.717) is 6.20 Å². The average molecular weight is 277 g/mol. The molecule has 2 N–H and O–H groups in total. The Bertz CT molecular complexity index is 489. The van der Waals surface area contributed by atoms with Crippen LogP contribution >= 0.6 is 0 Å². The molecule has 0 fully saturated rings. The van der Waals surface area contributed by atoms with Crippen LogP contribution in [0.15, 0.2) is 11.0 Å². The number of aromatic amines is 1. The van der Waals surface area contributed by atoms with Crippen molar-refractivity contribution in [2.24, 2.45) is 0 Å². The summed E-state index contributed by atoms with van der Waals surface area (Å²) in [5.41, 5.74) is -4.86. The van der Waals surface area contributed by atoms with Gasteiger partial charge in [-0.15, -0.1) is 13.2 Å². The van der Waals surface area contributed by atoms with Gasteiger partial charge in [-0.2, -0.15) is 13.2 Å². The third kappa shape index (κ3) is 3.15. The molecule has 1 aromatic rings. The van der Waals surface area contributed by atoms with E-state index in [1.807, 2.05) is 0 Å². The van der Waals surface area contributed by atoms with Gasteiger partial charge in [0.2, 0.25) is 5.43 Å². The Hall–Kier alpha value is -1.71. The minimum absolute atomic E-state index is 0.302. The topological polar surface area (TPSA) is 62.3 Å². The minimum Gasteiger partial charge on any atom is -0.400 e. The molecule has 4 nitrogen and oxygen atoms in total. The van der Waals surface area contributed by atoms with E-state index in [1.165, 1.54) is 0 Å². The zero-order valence-corrected chi connectivity index (χ0v) is 8.32. The van der Waals surface area contributed by atoms with E-state index in [-0.39, 0.29) is 0 Å². The molecule has 0 aliphatic carbocycles. The summed E-state index contributed by atoms with van der Waals surface area (Å²) in [5, 5.41) is 8.60. The van der Waals surface area contributed by atoms with Crippen LogP contribution in [-0.2, 0) is 12.8 Å². The predicted octanol–water partition coefficient (Wildman–Crippen LogP) is 1.78. The minimum atomic E-state index is -5.30. The summed E-state index contributed by atoms with van der Waals surface area (Å²) in [4.78, 5) is 12.9. The number of rotatable bonds is 2. The molecule has 1 rings (SSSR count). The van der Waals surface area contributed by atoms with Crippen LogP contribution in [0, 0.1) is 0 Å². The first kappa shape index (κ1) is 14.4. The Morgan fingerprint density at radius 1 is 1.22 bits per heavy atom. The molecule has 1 heterocycles. The number of hydrogen-bond acceptors (Lipinski definition) is 3. The Morgan fingerprint density at radius 2 is 1.78 bits per heavy atom. The van der Waals surface area contributed by atoms with Crippen LogP contribution in [0.3, 0.4) is 0 Å². The van der Waals surface area contributed by atoms with Crippen molar-refractivity contribution >= 4 is 0 Å². The maximum absolute atomic E-state index is 12.4. The van der Waals surface area contributed by atoms with Crippen molar-refractivity contribution < 1.29 is 36.2 Å². The molecule has 0 aliphatic rings. The average Bonchev–Trinajstić information content (AvgIpc) is 2.16. The van der Waals surface area contributed by atoms with Crippen LogP contribution in [-0.4, -0.2) is 16.5 Å². The van der Waals surface area contributed by atoms with E-state index in [0.717, 1.165) is 0 Å². The lowest BCUT2D eigenvalue weighted by atomic mass is 10.1. The van der Waals surface area contributed by atoms with Crippen LogP contribution in [0.1, 0.15) is 11.3 Å². The lowest BCUT2D eigenvalue weighted by Crippen LogP contribution is -2.28. The fraction of sp³-hybridized carbons (Fsp3) is 0.375. The summed E-state index contributed by atoms with van der Waals surface area (Å²) >= 11 is 0. The molecular weight excluding hydrogens is 272 g/mol.